The number of benzene rings is 1. The molecule has 1 heterocycles. The van der Waals surface area contributed by atoms with E-state index in [4.69, 9.17) is 0 Å². The molecule has 0 atom stereocenters. The molecule has 0 amide bonds. The lowest BCUT2D eigenvalue weighted by Crippen LogP contribution is -2.22. The topological polar surface area (TPSA) is 74.8 Å². The van der Waals surface area contributed by atoms with Crippen molar-refractivity contribution in [3.63, 3.8) is 0 Å². The molecule has 0 radical (unpaired) electrons. The molecule has 0 saturated carbocycles. The predicted molar refractivity (Wildman–Crippen MR) is 79.1 cm³/mol. The molecule has 0 aliphatic rings. The van der Waals surface area contributed by atoms with Gasteiger partial charge >= 0.3 is 0 Å². The average molecular weight is 293 g/mol. The van der Waals surface area contributed by atoms with E-state index in [0.717, 1.165) is 17.1 Å². The molecule has 0 unspecified atom stereocenters. The first-order valence-corrected chi connectivity index (χ1v) is 8.33. The van der Waals surface area contributed by atoms with Crippen molar-refractivity contribution >= 4 is 9.84 Å². The fraction of sp³-hybridized carbons (Fsp3) is 0.357. The van der Waals surface area contributed by atoms with Gasteiger partial charge in [-0.15, -0.1) is 0 Å². The number of nitrogens with zero attached hydrogens (tertiary/aromatic N) is 1. The summed E-state index contributed by atoms with van der Waals surface area (Å²) in [4.78, 5) is 7.84. The average Bonchev–Trinajstić information content (AvgIpc) is 2.84. The standard InChI is InChI=1S/C14H19N3O2S/c1-10(2)15-9-14-16-8-13(17-14)11-4-6-12(7-5-11)20(3,18)19/h4-8,10,15H,9H2,1-3H3,(H,16,17). The summed E-state index contributed by atoms with van der Waals surface area (Å²) in [7, 11) is -3.15. The smallest absolute Gasteiger partial charge is 0.175 e. The van der Waals surface area contributed by atoms with Crippen LogP contribution in [0.3, 0.4) is 0 Å². The highest BCUT2D eigenvalue weighted by atomic mass is 32.2. The second kappa shape index (κ2) is 5.76. The van der Waals surface area contributed by atoms with E-state index in [1.807, 2.05) is 0 Å². The molecule has 1 aromatic carbocycles. The second-order valence-electron chi connectivity index (χ2n) is 5.08. The van der Waals surface area contributed by atoms with E-state index >= 15 is 0 Å². The van der Waals surface area contributed by atoms with Crippen molar-refractivity contribution in [3.05, 3.63) is 36.3 Å². The number of imidazole rings is 1. The largest absolute Gasteiger partial charge is 0.341 e. The quantitative estimate of drug-likeness (QED) is 0.884. The van der Waals surface area contributed by atoms with Crippen molar-refractivity contribution in [3.8, 4) is 11.3 Å². The minimum atomic E-state index is -3.15. The number of nitrogens with one attached hydrogen (secondary N) is 2. The monoisotopic (exact) mass is 293 g/mol. The van der Waals surface area contributed by atoms with Gasteiger partial charge in [-0.3, -0.25) is 0 Å². The Bertz CT molecular complexity index is 673. The number of aromatic amines is 1. The third kappa shape index (κ3) is 3.68. The van der Waals surface area contributed by atoms with E-state index < -0.39 is 9.84 Å². The van der Waals surface area contributed by atoms with E-state index in [0.29, 0.717) is 17.5 Å². The first-order valence-electron chi connectivity index (χ1n) is 6.44. The van der Waals surface area contributed by atoms with E-state index in [1.54, 1.807) is 30.5 Å². The molecule has 5 nitrogen and oxygen atoms in total. The van der Waals surface area contributed by atoms with Crippen LogP contribution >= 0.6 is 0 Å². The molecule has 0 bridgehead atoms. The molecular formula is C14H19N3O2S. The lowest BCUT2D eigenvalue weighted by Gasteiger charge is -2.05. The second-order valence-corrected chi connectivity index (χ2v) is 7.09. The van der Waals surface area contributed by atoms with Crippen molar-refractivity contribution in [1.29, 1.82) is 0 Å². The van der Waals surface area contributed by atoms with Crippen molar-refractivity contribution < 1.29 is 8.42 Å². The van der Waals surface area contributed by atoms with Gasteiger partial charge in [0.25, 0.3) is 0 Å². The Labute approximate surface area is 119 Å². The number of aromatic nitrogens is 2. The van der Waals surface area contributed by atoms with E-state index in [2.05, 4.69) is 29.1 Å². The Morgan fingerprint density at radius 2 is 1.90 bits per heavy atom. The van der Waals surface area contributed by atoms with Gasteiger partial charge in [0.15, 0.2) is 9.84 Å². The number of rotatable bonds is 5. The summed E-state index contributed by atoms with van der Waals surface area (Å²) in [6.07, 6.45) is 2.96. The van der Waals surface area contributed by atoms with Gasteiger partial charge in [0.1, 0.15) is 5.82 Å². The van der Waals surface area contributed by atoms with Crippen LogP contribution in [0.15, 0.2) is 35.4 Å². The minimum Gasteiger partial charge on any atom is -0.341 e. The Morgan fingerprint density at radius 1 is 1.25 bits per heavy atom. The Kier molecular flexibility index (Phi) is 4.25. The maximum Gasteiger partial charge on any atom is 0.175 e. The summed E-state index contributed by atoms with van der Waals surface area (Å²) < 4.78 is 22.8. The number of hydrogen-bond donors (Lipinski definition) is 2. The van der Waals surface area contributed by atoms with E-state index in [-0.39, 0.29) is 0 Å². The van der Waals surface area contributed by atoms with Crippen LogP contribution in [-0.2, 0) is 16.4 Å². The summed E-state index contributed by atoms with van der Waals surface area (Å²) in [5, 5.41) is 3.28. The Morgan fingerprint density at radius 3 is 2.45 bits per heavy atom. The van der Waals surface area contributed by atoms with Gasteiger partial charge in [-0.25, -0.2) is 13.4 Å². The molecular weight excluding hydrogens is 274 g/mol. The van der Waals surface area contributed by atoms with Crippen LogP contribution in [0.25, 0.3) is 11.3 Å². The van der Waals surface area contributed by atoms with Gasteiger partial charge < -0.3 is 10.3 Å². The van der Waals surface area contributed by atoms with Crippen molar-refractivity contribution in [2.24, 2.45) is 0 Å². The van der Waals surface area contributed by atoms with Gasteiger partial charge in [-0.2, -0.15) is 0 Å². The zero-order valence-corrected chi connectivity index (χ0v) is 12.7. The first kappa shape index (κ1) is 14.7. The zero-order chi connectivity index (χ0) is 14.8. The summed E-state index contributed by atoms with van der Waals surface area (Å²) in [5.41, 5.74) is 1.80. The molecule has 0 aliphatic heterocycles. The van der Waals surface area contributed by atoms with Crippen LogP contribution in [0.1, 0.15) is 19.7 Å². The van der Waals surface area contributed by atoms with E-state index in [1.165, 1.54) is 6.26 Å². The minimum absolute atomic E-state index is 0.322. The molecule has 2 aromatic rings. The molecule has 0 fully saturated rings. The fourth-order valence-electron chi connectivity index (χ4n) is 1.78. The maximum absolute atomic E-state index is 11.4. The van der Waals surface area contributed by atoms with Crippen LogP contribution in [0, 0.1) is 0 Å². The highest BCUT2D eigenvalue weighted by molar-refractivity contribution is 7.90. The first-order chi connectivity index (χ1) is 9.36. The SMILES string of the molecule is CC(C)NCc1ncc(-c2ccc(S(C)(=O)=O)cc2)[nH]1. The Balaban J connectivity index is 2.16. The predicted octanol–water partition coefficient (Wildman–Crippen LogP) is 1.98. The summed E-state index contributed by atoms with van der Waals surface area (Å²) in [5.74, 6) is 0.862. The molecule has 0 saturated heterocycles. The molecule has 2 rings (SSSR count). The molecule has 6 heteroatoms. The lowest BCUT2D eigenvalue weighted by molar-refractivity contribution is 0.575. The van der Waals surface area contributed by atoms with Gasteiger partial charge in [0.2, 0.25) is 0 Å². The molecule has 0 aliphatic carbocycles. The maximum atomic E-state index is 11.4. The summed E-state index contributed by atoms with van der Waals surface area (Å²) in [6.45, 7) is 4.83. The molecule has 0 spiro atoms. The van der Waals surface area contributed by atoms with Crippen molar-refractivity contribution in [1.82, 2.24) is 15.3 Å². The molecule has 20 heavy (non-hydrogen) atoms. The molecule has 1 aromatic heterocycles. The van der Waals surface area contributed by atoms with Gasteiger partial charge in [-0.1, -0.05) is 26.0 Å². The van der Waals surface area contributed by atoms with Crippen LogP contribution < -0.4 is 5.32 Å². The van der Waals surface area contributed by atoms with Crippen LogP contribution in [0.4, 0.5) is 0 Å². The Hall–Kier alpha value is -1.66. The van der Waals surface area contributed by atoms with Crippen LogP contribution in [0.5, 0.6) is 0 Å². The number of sulfone groups is 1. The van der Waals surface area contributed by atoms with Crippen LogP contribution in [0.2, 0.25) is 0 Å². The van der Waals surface area contributed by atoms with Crippen molar-refractivity contribution in [2.75, 3.05) is 6.26 Å². The van der Waals surface area contributed by atoms with Gasteiger partial charge in [0, 0.05) is 12.3 Å². The van der Waals surface area contributed by atoms with Crippen LogP contribution in [-0.4, -0.2) is 30.7 Å². The highest BCUT2D eigenvalue weighted by Crippen LogP contribution is 2.19. The third-order valence-corrected chi connectivity index (χ3v) is 4.03. The summed E-state index contributed by atoms with van der Waals surface area (Å²) in [6, 6.07) is 7.18. The van der Waals surface area contributed by atoms with Gasteiger partial charge in [-0.05, 0) is 17.7 Å². The number of H-pyrrole nitrogens is 1. The van der Waals surface area contributed by atoms with E-state index in [9.17, 15) is 8.42 Å². The van der Waals surface area contributed by atoms with Crippen molar-refractivity contribution in [2.45, 2.75) is 31.3 Å². The molecule has 2 N–H and O–H groups in total. The number of hydrogen-bond acceptors (Lipinski definition) is 4. The normalized spacial score (nSPS) is 12.0. The third-order valence-electron chi connectivity index (χ3n) is 2.90. The zero-order valence-electron chi connectivity index (χ0n) is 11.8. The van der Waals surface area contributed by atoms with Gasteiger partial charge in [0.05, 0.1) is 23.3 Å². The molecule has 108 valence electrons. The fourth-order valence-corrected chi connectivity index (χ4v) is 2.41. The highest BCUT2D eigenvalue weighted by Gasteiger charge is 2.08. The summed E-state index contributed by atoms with van der Waals surface area (Å²) >= 11 is 0. The lowest BCUT2D eigenvalue weighted by atomic mass is 10.2.